The van der Waals surface area contributed by atoms with Gasteiger partial charge in [0.2, 0.25) is 0 Å². The number of urea groups is 1. The lowest BCUT2D eigenvalue weighted by molar-refractivity contribution is 0.0531. The number of aliphatic hydroxyl groups excluding tert-OH is 1. The van der Waals surface area contributed by atoms with Crippen molar-refractivity contribution in [2.24, 2.45) is 13.0 Å². The Balaban J connectivity index is 1.57. The highest BCUT2D eigenvalue weighted by molar-refractivity contribution is 5.74. The molecule has 0 aromatic carbocycles. The van der Waals surface area contributed by atoms with E-state index in [1.165, 1.54) is 0 Å². The third kappa shape index (κ3) is 3.56. The first kappa shape index (κ1) is 15.6. The van der Waals surface area contributed by atoms with Gasteiger partial charge in [-0.1, -0.05) is 0 Å². The second-order valence-electron chi connectivity index (χ2n) is 5.93. The Morgan fingerprint density at radius 2 is 2.48 bits per heavy atom. The fourth-order valence-corrected chi connectivity index (χ4v) is 3.01. The van der Waals surface area contributed by atoms with Crippen LogP contribution < -0.4 is 5.32 Å². The molecule has 0 bridgehead atoms. The topological polar surface area (TPSA) is 83.5 Å². The molecular formula is C16H22N4O3. The van der Waals surface area contributed by atoms with Crippen LogP contribution in [0.1, 0.15) is 30.5 Å². The highest BCUT2D eigenvalue weighted by Crippen LogP contribution is 2.28. The first-order valence-corrected chi connectivity index (χ1v) is 7.85. The van der Waals surface area contributed by atoms with E-state index in [-0.39, 0.29) is 11.9 Å². The lowest BCUT2D eigenvalue weighted by Crippen LogP contribution is -2.46. The molecule has 7 nitrogen and oxygen atoms in total. The minimum Gasteiger partial charge on any atom is -0.467 e. The SMILES string of the molecule is Cn1ccnc1[C@H](O)[C@H]1CCCN(C(=O)NCc2ccco2)C1. The molecule has 0 unspecified atom stereocenters. The Bertz CT molecular complexity index is 638. The average Bonchev–Trinajstić information content (AvgIpc) is 3.23. The van der Waals surface area contributed by atoms with Crippen molar-refractivity contribution in [1.29, 1.82) is 0 Å². The van der Waals surface area contributed by atoms with E-state index in [1.807, 2.05) is 23.9 Å². The number of furan rings is 1. The van der Waals surface area contributed by atoms with E-state index in [2.05, 4.69) is 10.3 Å². The number of rotatable bonds is 4. The summed E-state index contributed by atoms with van der Waals surface area (Å²) in [7, 11) is 1.86. The van der Waals surface area contributed by atoms with Crippen molar-refractivity contribution >= 4 is 6.03 Å². The van der Waals surface area contributed by atoms with Crippen molar-refractivity contribution in [2.45, 2.75) is 25.5 Å². The molecule has 0 spiro atoms. The fourth-order valence-electron chi connectivity index (χ4n) is 3.01. The van der Waals surface area contributed by atoms with Crippen LogP contribution >= 0.6 is 0 Å². The van der Waals surface area contributed by atoms with Gasteiger partial charge in [0.1, 0.15) is 17.7 Å². The maximum atomic E-state index is 12.3. The summed E-state index contributed by atoms with van der Waals surface area (Å²) >= 11 is 0. The van der Waals surface area contributed by atoms with Crippen molar-refractivity contribution < 1.29 is 14.3 Å². The monoisotopic (exact) mass is 318 g/mol. The van der Waals surface area contributed by atoms with Gasteiger partial charge >= 0.3 is 6.03 Å². The molecule has 124 valence electrons. The number of hydrogen-bond donors (Lipinski definition) is 2. The van der Waals surface area contributed by atoms with Crippen molar-refractivity contribution in [1.82, 2.24) is 19.8 Å². The van der Waals surface area contributed by atoms with Crippen molar-refractivity contribution in [3.63, 3.8) is 0 Å². The summed E-state index contributed by atoms with van der Waals surface area (Å²) in [6.45, 7) is 1.60. The third-order valence-corrected chi connectivity index (χ3v) is 4.31. The minimum atomic E-state index is -0.657. The summed E-state index contributed by atoms with van der Waals surface area (Å²) in [5.41, 5.74) is 0. The number of nitrogens with one attached hydrogen (secondary N) is 1. The predicted molar refractivity (Wildman–Crippen MR) is 83.4 cm³/mol. The zero-order valence-electron chi connectivity index (χ0n) is 13.2. The van der Waals surface area contributed by atoms with Crippen LogP contribution in [-0.2, 0) is 13.6 Å². The van der Waals surface area contributed by atoms with Crippen molar-refractivity contribution in [2.75, 3.05) is 13.1 Å². The van der Waals surface area contributed by atoms with Crippen LogP contribution in [0, 0.1) is 5.92 Å². The van der Waals surface area contributed by atoms with E-state index < -0.39 is 6.10 Å². The summed E-state index contributed by atoms with van der Waals surface area (Å²) in [6, 6.07) is 3.49. The number of hydrogen-bond acceptors (Lipinski definition) is 4. The number of carbonyl (C=O) groups excluding carboxylic acids is 1. The number of imidazole rings is 1. The molecular weight excluding hydrogens is 296 g/mol. The zero-order chi connectivity index (χ0) is 16.2. The van der Waals surface area contributed by atoms with Gasteiger partial charge in [-0.25, -0.2) is 9.78 Å². The maximum absolute atomic E-state index is 12.3. The molecule has 2 atom stereocenters. The third-order valence-electron chi connectivity index (χ3n) is 4.31. The zero-order valence-corrected chi connectivity index (χ0v) is 13.2. The van der Waals surface area contributed by atoms with E-state index in [4.69, 9.17) is 4.42 Å². The number of aliphatic hydroxyl groups is 1. The van der Waals surface area contributed by atoms with Gasteiger partial charge in [0.05, 0.1) is 12.8 Å². The molecule has 3 rings (SSSR count). The molecule has 23 heavy (non-hydrogen) atoms. The normalized spacial score (nSPS) is 19.6. The number of aryl methyl sites for hydroxylation is 1. The number of carbonyl (C=O) groups is 1. The molecule has 3 heterocycles. The smallest absolute Gasteiger partial charge is 0.317 e. The molecule has 1 aliphatic heterocycles. The molecule has 1 fully saturated rings. The summed E-state index contributed by atoms with van der Waals surface area (Å²) < 4.78 is 7.03. The van der Waals surface area contributed by atoms with Gasteiger partial charge in [-0.2, -0.15) is 0 Å². The Morgan fingerprint density at radius 1 is 1.61 bits per heavy atom. The van der Waals surface area contributed by atoms with E-state index in [0.29, 0.717) is 25.5 Å². The molecule has 1 saturated heterocycles. The van der Waals surface area contributed by atoms with Crippen molar-refractivity contribution in [3.8, 4) is 0 Å². The van der Waals surface area contributed by atoms with Gasteiger partial charge in [0, 0.05) is 38.4 Å². The molecule has 0 aliphatic carbocycles. The van der Waals surface area contributed by atoms with Gasteiger partial charge in [-0.3, -0.25) is 0 Å². The number of amides is 2. The summed E-state index contributed by atoms with van der Waals surface area (Å²) in [5, 5.41) is 13.4. The van der Waals surface area contributed by atoms with Gasteiger partial charge in [-0.15, -0.1) is 0 Å². The second-order valence-corrected chi connectivity index (χ2v) is 5.93. The largest absolute Gasteiger partial charge is 0.467 e. The second kappa shape index (κ2) is 6.87. The molecule has 0 radical (unpaired) electrons. The van der Waals surface area contributed by atoms with E-state index >= 15 is 0 Å². The quantitative estimate of drug-likeness (QED) is 0.898. The fraction of sp³-hybridized carbons (Fsp3) is 0.500. The van der Waals surface area contributed by atoms with Gasteiger partial charge < -0.3 is 24.3 Å². The van der Waals surface area contributed by atoms with Crippen LogP contribution in [0.2, 0.25) is 0 Å². The minimum absolute atomic E-state index is 0.000729. The van der Waals surface area contributed by atoms with E-state index in [0.717, 1.165) is 18.6 Å². The van der Waals surface area contributed by atoms with Crippen LogP contribution in [0.5, 0.6) is 0 Å². The molecule has 2 N–H and O–H groups in total. The molecule has 1 aliphatic rings. The van der Waals surface area contributed by atoms with E-state index in [9.17, 15) is 9.90 Å². The number of likely N-dealkylation sites (tertiary alicyclic amines) is 1. The lowest BCUT2D eigenvalue weighted by Gasteiger charge is -2.34. The number of nitrogens with zero attached hydrogens (tertiary/aromatic N) is 3. The lowest BCUT2D eigenvalue weighted by atomic mass is 9.92. The Labute approximate surface area is 134 Å². The average molecular weight is 318 g/mol. The van der Waals surface area contributed by atoms with Crippen LogP contribution in [0.3, 0.4) is 0 Å². The van der Waals surface area contributed by atoms with Crippen LogP contribution in [0.4, 0.5) is 4.79 Å². The molecule has 2 aromatic heterocycles. The highest BCUT2D eigenvalue weighted by atomic mass is 16.3. The first-order chi connectivity index (χ1) is 11.1. The molecule has 0 saturated carbocycles. The Kier molecular flexibility index (Phi) is 4.66. The summed E-state index contributed by atoms with van der Waals surface area (Å²) in [4.78, 5) is 18.3. The summed E-state index contributed by atoms with van der Waals surface area (Å²) in [6.07, 6.45) is 6.18. The maximum Gasteiger partial charge on any atom is 0.317 e. The molecule has 2 aromatic rings. The highest BCUT2D eigenvalue weighted by Gasteiger charge is 2.31. The van der Waals surface area contributed by atoms with Crippen LogP contribution in [0.15, 0.2) is 35.2 Å². The Hall–Kier alpha value is -2.28. The number of aromatic nitrogens is 2. The molecule has 7 heteroatoms. The molecule has 2 amide bonds. The van der Waals surface area contributed by atoms with E-state index in [1.54, 1.807) is 23.4 Å². The standard InChI is InChI=1S/C16H22N4O3/c1-19-8-6-17-15(19)14(21)12-4-2-7-20(11-12)16(22)18-10-13-5-3-9-23-13/h3,5-6,8-9,12,14,21H,2,4,7,10-11H2,1H3,(H,18,22)/t12-,14+/m0/s1. The van der Waals surface area contributed by atoms with Crippen LogP contribution in [0.25, 0.3) is 0 Å². The predicted octanol–water partition coefficient (Wildman–Crippen LogP) is 1.67. The Morgan fingerprint density at radius 3 is 3.17 bits per heavy atom. The first-order valence-electron chi connectivity index (χ1n) is 7.85. The van der Waals surface area contributed by atoms with Gasteiger partial charge in [-0.05, 0) is 25.0 Å². The van der Waals surface area contributed by atoms with Crippen molar-refractivity contribution in [3.05, 3.63) is 42.4 Å². The summed E-state index contributed by atoms with van der Waals surface area (Å²) in [5.74, 6) is 1.37. The van der Waals surface area contributed by atoms with Gasteiger partial charge in [0.15, 0.2) is 0 Å². The number of piperidine rings is 1. The van der Waals surface area contributed by atoms with Crippen LogP contribution in [-0.4, -0.2) is 38.7 Å². The van der Waals surface area contributed by atoms with Gasteiger partial charge in [0.25, 0.3) is 0 Å².